The predicted octanol–water partition coefficient (Wildman–Crippen LogP) is 4.85. The van der Waals surface area contributed by atoms with Crippen LogP contribution >= 0.6 is 0 Å². The van der Waals surface area contributed by atoms with Gasteiger partial charge >= 0.3 is 12.0 Å². The van der Waals surface area contributed by atoms with Crippen LogP contribution in [0.5, 0.6) is 5.75 Å². The molecule has 164 valence electrons. The third kappa shape index (κ3) is 5.45. The molecule has 1 atom stereocenters. The van der Waals surface area contributed by atoms with Crippen LogP contribution in [0.2, 0.25) is 0 Å². The Balaban J connectivity index is 1.81. The van der Waals surface area contributed by atoms with Crippen LogP contribution < -0.4 is 15.4 Å². The first-order valence-electron chi connectivity index (χ1n) is 10.6. The van der Waals surface area contributed by atoms with Crippen LogP contribution in [-0.2, 0) is 16.1 Å². The molecule has 1 aliphatic rings. The van der Waals surface area contributed by atoms with E-state index in [9.17, 15) is 9.59 Å². The number of benzene rings is 2. The van der Waals surface area contributed by atoms with Gasteiger partial charge in [0.15, 0.2) is 0 Å². The number of carbonyl (C=O) groups is 2. The third-order valence-corrected chi connectivity index (χ3v) is 5.45. The van der Waals surface area contributed by atoms with Gasteiger partial charge in [-0.05, 0) is 55.5 Å². The van der Waals surface area contributed by atoms with Crippen molar-refractivity contribution in [2.45, 2.75) is 52.7 Å². The molecule has 0 saturated carbocycles. The fourth-order valence-corrected chi connectivity index (χ4v) is 3.64. The Hall–Kier alpha value is -3.28. The van der Waals surface area contributed by atoms with Gasteiger partial charge in [-0.2, -0.15) is 0 Å². The van der Waals surface area contributed by atoms with Crippen molar-refractivity contribution >= 4 is 12.0 Å². The molecule has 2 aromatic rings. The maximum atomic E-state index is 12.5. The number of methoxy groups -OCH3 is 1. The molecule has 1 aliphatic heterocycles. The summed E-state index contributed by atoms with van der Waals surface area (Å²) in [5.41, 5.74) is 5.39. The van der Waals surface area contributed by atoms with Crippen LogP contribution in [0, 0.1) is 13.8 Å². The van der Waals surface area contributed by atoms with Crippen LogP contribution in [-0.4, -0.2) is 19.1 Å². The molecule has 6 heteroatoms. The zero-order valence-corrected chi connectivity index (χ0v) is 18.6. The smallest absolute Gasteiger partial charge is 0.337 e. The van der Waals surface area contributed by atoms with Gasteiger partial charge in [-0.25, -0.2) is 9.59 Å². The van der Waals surface area contributed by atoms with Crippen molar-refractivity contribution in [3.63, 3.8) is 0 Å². The van der Waals surface area contributed by atoms with Crippen LogP contribution in [0.25, 0.3) is 0 Å². The number of urea groups is 1. The fraction of sp³-hybridized carbons (Fsp3) is 0.360. The van der Waals surface area contributed by atoms with E-state index < -0.39 is 12.0 Å². The molecule has 0 saturated heterocycles. The Bertz CT molecular complexity index is 980. The minimum atomic E-state index is -0.568. The van der Waals surface area contributed by atoms with Crippen molar-refractivity contribution in [2.75, 3.05) is 7.11 Å². The number of nitrogens with one attached hydrogen (secondary N) is 2. The van der Waals surface area contributed by atoms with Crippen LogP contribution in [0.15, 0.2) is 53.7 Å². The first kappa shape index (κ1) is 22.4. The molecular weight excluding hydrogens is 392 g/mol. The summed E-state index contributed by atoms with van der Waals surface area (Å²) in [6.45, 7) is 6.67. The molecule has 3 rings (SSSR count). The normalized spacial score (nSPS) is 15.9. The van der Waals surface area contributed by atoms with E-state index in [2.05, 4.69) is 49.6 Å². The second-order valence-corrected chi connectivity index (χ2v) is 7.81. The molecule has 0 bridgehead atoms. The minimum absolute atomic E-state index is 0.320. The van der Waals surface area contributed by atoms with Gasteiger partial charge in [0.25, 0.3) is 0 Å². The highest BCUT2D eigenvalue weighted by molar-refractivity contribution is 5.95. The number of amides is 2. The van der Waals surface area contributed by atoms with E-state index in [1.807, 2.05) is 24.3 Å². The topological polar surface area (TPSA) is 76.7 Å². The molecule has 0 radical (unpaired) electrons. The number of allylic oxidation sites excluding steroid dienone is 1. The Morgan fingerprint density at radius 1 is 1.10 bits per heavy atom. The van der Waals surface area contributed by atoms with Crippen molar-refractivity contribution in [3.8, 4) is 5.75 Å². The summed E-state index contributed by atoms with van der Waals surface area (Å²) in [5.74, 6) is 0.276. The van der Waals surface area contributed by atoms with Crippen molar-refractivity contribution in [2.24, 2.45) is 0 Å². The molecule has 1 heterocycles. The van der Waals surface area contributed by atoms with Gasteiger partial charge < -0.3 is 20.1 Å². The quantitative estimate of drug-likeness (QED) is 0.596. The predicted molar refractivity (Wildman–Crippen MR) is 120 cm³/mol. The zero-order chi connectivity index (χ0) is 22.4. The Labute approximate surface area is 183 Å². The van der Waals surface area contributed by atoms with E-state index >= 15 is 0 Å². The lowest BCUT2D eigenvalue weighted by molar-refractivity contribution is -0.136. The average Bonchev–Trinajstić information content (AvgIpc) is 2.77. The van der Waals surface area contributed by atoms with E-state index in [1.165, 1.54) is 18.2 Å². The molecule has 2 N–H and O–H groups in total. The molecule has 31 heavy (non-hydrogen) atoms. The van der Waals surface area contributed by atoms with Gasteiger partial charge in [-0.3, -0.25) is 0 Å². The van der Waals surface area contributed by atoms with Crippen molar-refractivity contribution < 1.29 is 19.1 Å². The lowest BCUT2D eigenvalue weighted by Gasteiger charge is -2.29. The van der Waals surface area contributed by atoms with Crippen LogP contribution in [0.4, 0.5) is 4.79 Å². The maximum Gasteiger partial charge on any atom is 0.337 e. The van der Waals surface area contributed by atoms with Gasteiger partial charge in [-0.15, -0.1) is 0 Å². The highest BCUT2D eigenvalue weighted by Crippen LogP contribution is 2.30. The molecule has 1 unspecified atom stereocenters. The maximum absolute atomic E-state index is 12.5. The second kappa shape index (κ2) is 10.2. The number of carbonyl (C=O) groups excluding carboxylic acids is 2. The Morgan fingerprint density at radius 3 is 2.52 bits per heavy atom. The number of hydrogen-bond acceptors (Lipinski definition) is 4. The zero-order valence-electron chi connectivity index (χ0n) is 18.6. The largest absolute Gasteiger partial charge is 0.489 e. The van der Waals surface area contributed by atoms with Gasteiger partial charge in [0.2, 0.25) is 0 Å². The van der Waals surface area contributed by atoms with Gasteiger partial charge in [0.05, 0.1) is 18.7 Å². The average molecular weight is 423 g/mol. The SMILES string of the molecule is CCCCC1=C(C(=O)OC)C(c2ccc(OCc3cc(C)ccc3C)cc2)NC(=O)N1. The molecule has 0 fully saturated rings. The monoisotopic (exact) mass is 422 g/mol. The standard InChI is InChI=1S/C25H30N2O4/c1-5-6-7-21-22(24(28)30-4)23(27-25(29)26-21)18-10-12-20(13-11-18)31-15-19-14-16(2)8-9-17(19)3/h8-14,23H,5-7,15H2,1-4H3,(H2,26,27,29). The van der Waals surface area contributed by atoms with Gasteiger partial charge in [-0.1, -0.05) is 49.2 Å². The van der Waals surface area contributed by atoms with Crippen molar-refractivity contribution in [1.82, 2.24) is 10.6 Å². The number of hydrogen-bond donors (Lipinski definition) is 2. The van der Waals surface area contributed by atoms with E-state index in [4.69, 9.17) is 9.47 Å². The molecule has 6 nitrogen and oxygen atoms in total. The number of rotatable bonds is 8. The molecular formula is C25H30N2O4. The molecule has 2 amide bonds. The number of esters is 1. The number of unbranched alkanes of at least 4 members (excludes halogenated alkanes) is 1. The fourth-order valence-electron chi connectivity index (χ4n) is 3.64. The summed E-state index contributed by atoms with van der Waals surface area (Å²) in [5, 5.41) is 5.63. The van der Waals surface area contributed by atoms with Crippen molar-refractivity contribution in [3.05, 3.63) is 76.0 Å². The molecule has 2 aromatic carbocycles. The van der Waals surface area contributed by atoms with E-state index in [1.54, 1.807) is 0 Å². The lowest BCUT2D eigenvalue weighted by atomic mass is 9.93. The summed E-state index contributed by atoms with van der Waals surface area (Å²) < 4.78 is 11.0. The number of aryl methyl sites for hydroxylation is 2. The van der Waals surface area contributed by atoms with E-state index in [0.717, 1.165) is 29.7 Å². The van der Waals surface area contributed by atoms with Crippen LogP contribution in [0.3, 0.4) is 0 Å². The highest BCUT2D eigenvalue weighted by Gasteiger charge is 2.33. The summed E-state index contributed by atoms with van der Waals surface area (Å²) in [7, 11) is 1.35. The van der Waals surface area contributed by atoms with Crippen LogP contribution in [0.1, 0.15) is 54.5 Å². The summed E-state index contributed by atoms with van der Waals surface area (Å²) in [6, 6.07) is 12.9. The summed E-state index contributed by atoms with van der Waals surface area (Å²) >= 11 is 0. The van der Waals surface area contributed by atoms with E-state index in [0.29, 0.717) is 24.3 Å². The first-order valence-corrected chi connectivity index (χ1v) is 10.6. The van der Waals surface area contributed by atoms with Gasteiger partial charge in [0.1, 0.15) is 12.4 Å². The van der Waals surface area contributed by atoms with E-state index in [-0.39, 0.29) is 6.03 Å². The first-order chi connectivity index (χ1) is 14.9. The highest BCUT2D eigenvalue weighted by atomic mass is 16.5. The Morgan fingerprint density at radius 2 is 1.84 bits per heavy atom. The summed E-state index contributed by atoms with van der Waals surface area (Å²) in [6.07, 6.45) is 2.44. The Kier molecular flexibility index (Phi) is 7.34. The lowest BCUT2D eigenvalue weighted by Crippen LogP contribution is -2.45. The molecule has 0 aliphatic carbocycles. The molecule has 0 aromatic heterocycles. The number of ether oxygens (including phenoxy) is 2. The third-order valence-electron chi connectivity index (χ3n) is 5.45. The van der Waals surface area contributed by atoms with Crippen molar-refractivity contribution in [1.29, 1.82) is 0 Å². The second-order valence-electron chi connectivity index (χ2n) is 7.81. The molecule has 0 spiro atoms. The van der Waals surface area contributed by atoms with Gasteiger partial charge in [0, 0.05) is 5.70 Å². The minimum Gasteiger partial charge on any atom is -0.489 e. The summed E-state index contributed by atoms with van der Waals surface area (Å²) in [4.78, 5) is 24.7.